The van der Waals surface area contributed by atoms with E-state index < -0.39 is 0 Å². The summed E-state index contributed by atoms with van der Waals surface area (Å²) < 4.78 is 7.31. The van der Waals surface area contributed by atoms with Crippen LogP contribution in [-0.4, -0.2) is 23.7 Å². The largest absolute Gasteiger partial charge is 0.309 e. The molecule has 0 aliphatic heterocycles. The van der Waals surface area contributed by atoms with E-state index in [4.69, 9.17) is 9.97 Å². The molecule has 0 aliphatic carbocycles. The first kappa shape index (κ1) is 45.3. The Hall–Kier alpha value is -10.1. The lowest BCUT2D eigenvalue weighted by Crippen LogP contribution is -1.97. The third-order valence-corrected chi connectivity index (χ3v) is 15.9. The van der Waals surface area contributed by atoms with Crippen LogP contribution in [0.2, 0.25) is 0 Å². The molecule has 15 aromatic rings. The summed E-state index contributed by atoms with van der Waals surface area (Å²) in [4.78, 5) is 10.1. The van der Waals surface area contributed by atoms with Crippen LogP contribution in [-0.2, 0) is 0 Å². The maximum atomic E-state index is 5.11. The molecule has 78 heavy (non-hydrogen) atoms. The molecule has 0 N–H and O–H groups in total. The van der Waals surface area contributed by atoms with Crippen LogP contribution >= 0.6 is 0 Å². The molecule has 0 atom stereocenters. The Labute approximate surface area is 452 Å². The molecule has 11 aromatic carbocycles. The zero-order valence-corrected chi connectivity index (χ0v) is 43.5. The summed E-state index contributed by atoms with van der Waals surface area (Å²) in [6.07, 6.45) is 0. The predicted octanol–water partition coefficient (Wildman–Crippen LogP) is 19.0. The SMILES string of the molecule is Cc1ccc2c(c1)c1cc(C)ccc1n2-c1ccc2c(c1)c1cc(-n3c4ccccc4c4ccccc43)ccc1n2-c1ccc(-c2ccc(-c3ccc(-c4cc(-c5ccccc5)nc(-c5ccccc5)n4)c(C)c3)cc2)cc1. The van der Waals surface area contributed by atoms with Crippen LogP contribution in [0.4, 0.5) is 0 Å². The standard InChI is InChI=1S/C73H51N5/c1-46-22-36-69-61(40-46)62-41-47(2)23-37-70(62)78(69)57-34-39-72-64(44-57)63-43-56(77-67-20-12-10-18-59(67)60-19-11-13-21-68(60)77)33-38-71(63)76(72)55-31-28-50(29-32-55)49-24-26-51(27-25-49)54-30-35-58(48(3)42-54)66-45-65(52-14-6-4-7-15-52)74-73(75-66)53-16-8-5-9-17-53/h4-45H,1-3H3. The number of fused-ring (bicyclic) bond motifs is 9. The normalized spacial score (nSPS) is 11.8. The van der Waals surface area contributed by atoms with Crippen molar-refractivity contribution in [2.24, 2.45) is 0 Å². The van der Waals surface area contributed by atoms with Gasteiger partial charge in [0.1, 0.15) is 0 Å². The lowest BCUT2D eigenvalue weighted by molar-refractivity contribution is 1.16. The van der Waals surface area contributed by atoms with Gasteiger partial charge in [0, 0.05) is 66.1 Å². The lowest BCUT2D eigenvalue weighted by atomic mass is 9.96. The summed E-state index contributed by atoms with van der Waals surface area (Å²) >= 11 is 0. The molecule has 0 spiro atoms. The summed E-state index contributed by atoms with van der Waals surface area (Å²) in [5.74, 6) is 0.717. The number of para-hydroxylation sites is 2. The van der Waals surface area contributed by atoms with E-state index in [0.717, 1.165) is 72.9 Å². The number of aryl methyl sites for hydroxylation is 3. The minimum absolute atomic E-state index is 0.717. The molecule has 0 radical (unpaired) electrons. The van der Waals surface area contributed by atoms with E-state index in [1.807, 2.05) is 24.3 Å². The Morgan fingerprint density at radius 2 is 0.654 bits per heavy atom. The van der Waals surface area contributed by atoms with Crippen LogP contribution in [0.15, 0.2) is 255 Å². The van der Waals surface area contributed by atoms with Gasteiger partial charge < -0.3 is 13.7 Å². The maximum absolute atomic E-state index is 5.11. The van der Waals surface area contributed by atoms with Crippen molar-refractivity contribution in [2.45, 2.75) is 20.8 Å². The van der Waals surface area contributed by atoms with E-state index in [2.05, 4.69) is 265 Å². The fraction of sp³-hybridized carbons (Fsp3) is 0.0411. The molecule has 15 rings (SSSR count). The van der Waals surface area contributed by atoms with E-state index >= 15 is 0 Å². The van der Waals surface area contributed by atoms with E-state index in [1.165, 1.54) is 76.6 Å². The van der Waals surface area contributed by atoms with Crippen molar-refractivity contribution in [1.29, 1.82) is 0 Å². The molecule has 0 amide bonds. The van der Waals surface area contributed by atoms with Gasteiger partial charge in [0.25, 0.3) is 0 Å². The Balaban J connectivity index is 0.802. The van der Waals surface area contributed by atoms with E-state index in [-0.39, 0.29) is 0 Å². The van der Waals surface area contributed by atoms with Gasteiger partial charge in [-0.2, -0.15) is 0 Å². The van der Waals surface area contributed by atoms with E-state index in [0.29, 0.717) is 5.82 Å². The number of nitrogens with zero attached hydrogens (tertiary/aromatic N) is 5. The van der Waals surface area contributed by atoms with Crippen molar-refractivity contribution in [3.8, 4) is 73.2 Å². The second kappa shape index (κ2) is 18.0. The van der Waals surface area contributed by atoms with Gasteiger partial charge in [0.15, 0.2) is 5.82 Å². The molecule has 5 nitrogen and oxygen atoms in total. The lowest BCUT2D eigenvalue weighted by Gasteiger charge is -2.13. The molecule has 0 saturated heterocycles. The molecule has 368 valence electrons. The summed E-state index contributed by atoms with van der Waals surface area (Å²) in [6, 6.07) is 92.7. The van der Waals surface area contributed by atoms with Gasteiger partial charge in [-0.15, -0.1) is 0 Å². The zero-order valence-electron chi connectivity index (χ0n) is 43.5. The van der Waals surface area contributed by atoms with Gasteiger partial charge >= 0.3 is 0 Å². The van der Waals surface area contributed by atoms with Crippen LogP contribution < -0.4 is 0 Å². The first-order valence-corrected chi connectivity index (χ1v) is 26.8. The van der Waals surface area contributed by atoms with Crippen molar-refractivity contribution in [3.63, 3.8) is 0 Å². The van der Waals surface area contributed by atoms with Gasteiger partial charge in [0.2, 0.25) is 0 Å². The second-order valence-corrected chi connectivity index (χ2v) is 20.8. The monoisotopic (exact) mass is 997 g/mol. The van der Waals surface area contributed by atoms with Gasteiger partial charge in [-0.3, -0.25) is 0 Å². The highest BCUT2D eigenvalue weighted by Gasteiger charge is 2.20. The average molecular weight is 998 g/mol. The van der Waals surface area contributed by atoms with Crippen LogP contribution in [0.3, 0.4) is 0 Å². The molecule has 4 heterocycles. The average Bonchev–Trinajstić information content (AvgIpc) is 4.23. The van der Waals surface area contributed by atoms with Gasteiger partial charge in [-0.25, -0.2) is 9.97 Å². The summed E-state index contributed by atoms with van der Waals surface area (Å²) in [7, 11) is 0. The Bertz CT molecular complexity index is 4680. The Kier molecular flexibility index (Phi) is 10.5. The van der Waals surface area contributed by atoms with Crippen molar-refractivity contribution in [1.82, 2.24) is 23.7 Å². The molecular formula is C73H51N5. The van der Waals surface area contributed by atoms with Crippen molar-refractivity contribution in [2.75, 3.05) is 0 Å². The minimum Gasteiger partial charge on any atom is -0.309 e. The summed E-state index contributed by atoms with van der Waals surface area (Å²) in [5.41, 5.74) is 23.8. The molecule has 5 heteroatoms. The third kappa shape index (κ3) is 7.46. The predicted molar refractivity (Wildman–Crippen MR) is 326 cm³/mol. The van der Waals surface area contributed by atoms with Crippen LogP contribution in [0.5, 0.6) is 0 Å². The number of rotatable bonds is 8. The molecule has 0 aliphatic rings. The molecule has 0 bridgehead atoms. The zero-order chi connectivity index (χ0) is 52.0. The maximum Gasteiger partial charge on any atom is 0.160 e. The Morgan fingerprint density at radius 3 is 1.19 bits per heavy atom. The number of aromatic nitrogens is 5. The van der Waals surface area contributed by atoms with Crippen LogP contribution in [0.25, 0.3) is 139 Å². The van der Waals surface area contributed by atoms with Crippen LogP contribution in [0, 0.1) is 20.8 Å². The first-order chi connectivity index (χ1) is 38.4. The molecule has 4 aromatic heterocycles. The molecule has 0 fully saturated rings. The van der Waals surface area contributed by atoms with Crippen molar-refractivity contribution in [3.05, 3.63) is 271 Å². The fourth-order valence-corrected chi connectivity index (χ4v) is 12.1. The topological polar surface area (TPSA) is 40.6 Å². The third-order valence-electron chi connectivity index (χ3n) is 15.9. The Morgan fingerprint density at radius 1 is 0.256 bits per heavy atom. The van der Waals surface area contributed by atoms with E-state index in [1.54, 1.807) is 0 Å². The highest BCUT2D eigenvalue weighted by molar-refractivity contribution is 6.14. The molecule has 0 unspecified atom stereocenters. The molecule has 0 saturated carbocycles. The smallest absolute Gasteiger partial charge is 0.160 e. The highest BCUT2D eigenvalue weighted by atomic mass is 15.0. The number of hydrogen-bond acceptors (Lipinski definition) is 2. The van der Waals surface area contributed by atoms with Crippen molar-refractivity contribution < 1.29 is 0 Å². The first-order valence-electron chi connectivity index (χ1n) is 26.8. The molecular weight excluding hydrogens is 947 g/mol. The fourth-order valence-electron chi connectivity index (χ4n) is 12.1. The number of hydrogen-bond donors (Lipinski definition) is 0. The van der Waals surface area contributed by atoms with E-state index in [9.17, 15) is 0 Å². The highest BCUT2D eigenvalue weighted by Crippen LogP contribution is 2.41. The van der Waals surface area contributed by atoms with Gasteiger partial charge in [-0.05, 0) is 140 Å². The summed E-state index contributed by atoms with van der Waals surface area (Å²) in [6.45, 7) is 6.54. The minimum atomic E-state index is 0.717. The second-order valence-electron chi connectivity index (χ2n) is 20.8. The van der Waals surface area contributed by atoms with Crippen LogP contribution in [0.1, 0.15) is 16.7 Å². The quantitative estimate of drug-likeness (QED) is 0.152. The van der Waals surface area contributed by atoms with Crippen molar-refractivity contribution >= 4 is 65.4 Å². The van der Waals surface area contributed by atoms with Gasteiger partial charge in [0.05, 0.1) is 44.5 Å². The number of benzene rings is 11. The van der Waals surface area contributed by atoms with Gasteiger partial charge in [-0.1, -0.05) is 175 Å². The summed E-state index contributed by atoms with van der Waals surface area (Å²) in [5, 5.41) is 7.46.